The summed E-state index contributed by atoms with van der Waals surface area (Å²) in [6.45, 7) is 25.0. The van der Waals surface area contributed by atoms with Crippen LogP contribution < -0.4 is 20.6 Å². The van der Waals surface area contributed by atoms with Gasteiger partial charge in [0, 0.05) is 64.9 Å². The first-order chi connectivity index (χ1) is 35.1. The molecule has 0 bridgehead atoms. The third kappa shape index (κ3) is 6.17. The SMILES string of the molecule is CCCCc1ccc(N2B3c4cc(CCCC)cc5c4N(c4c3c(cc3c4C(C)(C)c4ccccc4-3)-c3cc4sc6cc7c(cc6c4cc32)C(C)(C)CCC7(C)C)C2(C)CCCCC52C)c(-c2ccccc2)c1. The molecular formula is C69H73BN2S. The number of unbranched alkanes of at least 4 members (excludes halogenated alkanes) is 2. The summed E-state index contributed by atoms with van der Waals surface area (Å²) in [5.74, 6) is 0. The van der Waals surface area contributed by atoms with Gasteiger partial charge in [-0.25, -0.2) is 0 Å². The van der Waals surface area contributed by atoms with Gasteiger partial charge < -0.3 is 9.71 Å². The summed E-state index contributed by atoms with van der Waals surface area (Å²) in [5, 5.41) is 2.82. The first-order valence-corrected chi connectivity index (χ1v) is 29.2. The summed E-state index contributed by atoms with van der Waals surface area (Å²) < 4.78 is 2.82. The highest BCUT2D eigenvalue weighted by atomic mass is 32.1. The second-order valence-electron chi connectivity index (χ2n) is 25.8. The molecule has 368 valence electrons. The van der Waals surface area contributed by atoms with Crippen molar-refractivity contribution in [1.82, 2.24) is 0 Å². The Hall–Kier alpha value is -5.58. The standard InChI is InChI=1S/C69H73BN2S/c1-11-13-22-42-28-29-57(46(34-42)44-24-16-15-17-25-44)72-58-39-49-48-38-53-54(66(5,6)33-32-65(53,3)4)41-60(48)73-59(49)40-47(58)51-37-50-45-26-18-19-27-52(45)67(7,8)61(50)64-62(51)70(72)56-36-43(23-14-12-2)35-55-63(56)71(64)69(10)31-21-20-30-68(55,69)9/h15-19,24-29,34-41H,11-14,20-23,30-33H2,1-10H3. The molecule has 4 heteroatoms. The largest absolute Gasteiger partial charge is 0.376 e. The molecule has 73 heavy (non-hydrogen) atoms. The average Bonchev–Trinajstić information content (AvgIpc) is 3.95. The molecule has 3 aliphatic heterocycles. The van der Waals surface area contributed by atoms with Crippen LogP contribution in [0.15, 0.2) is 115 Å². The molecule has 7 aromatic carbocycles. The van der Waals surface area contributed by atoms with Gasteiger partial charge in [0.15, 0.2) is 0 Å². The van der Waals surface area contributed by atoms with E-state index in [1.807, 2.05) is 11.3 Å². The molecule has 0 radical (unpaired) electrons. The first kappa shape index (κ1) is 46.0. The van der Waals surface area contributed by atoms with Gasteiger partial charge in [-0.2, -0.15) is 0 Å². The van der Waals surface area contributed by atoms with Crippen LogP contribution in [0.25, 0.3) is 53.6 Å². The topological polar surface area (TPSA) is 6.48 Å². The Morgan fingerprint density at radius 1 is 0.521 bits per heavy atom. The van der Waals surface area contributed by atoms with E-state index in [9.17, 15) is 0 Å². The molecule has 14 rings (SSSR count). The molecule has 3 aliphatic carbocycles. The normalized spacial score (nSPS) is 21.9. The van der Waals surface area contributed by atoms with E-state index in [1.165, 1.54) is 174 Å². The number of hydrogen-bond donors (Lipinski definition) is 0. The van der Waals surface area contributed by atoms with Gasteiger partial charge in [-0.1, -0.05) is 161 Å². The van der Waals surface area contributed by atoms with Gasteiger partial charge in [0.2, 0.25) is 0 Å². The lowest BCUT2D eigenvalue weighted by Crippen LogP contribution is -2.65. The van der Waals surface area contributed by atoms with Crippen molar-refractivity contribution in [2.45, 2.75) is 173 Å². The molecule has 2 atom stereocenters. The van der Waals surface area contributed by atoms with Crippen molar-refractivity contribution in [3.63, 3.8) is 0 Å². The summed E-state index contributed by atoms with van der Waals surface area (Å²) in [7, 11) is 0. The van der Waals surface area contributed by atoms with Crippen LogP contribution >= 0.6 is 11.3 Å². The van der Waals surface area contributed by atoms with Crippen molar-refractivity contribution < 1.29 is 0 Å². The fraction of sp³-hybridized carbons (Fsp3) is 0.391. The first-order valence-electron chi connectivity index (χ1n) is 28.4. The number of fused-ring (bicyclic) bond motifs is 15. The van der Waals surface area contributed by atoms with Crippen LogP contribution in [0.1, 0.15) is 172 Å². The quantitative estimate of drug-likeness (QED) is 0.140. The maximum absolute atomic E-state index is 3.03. The number of benzene rings is 7. The minimum Gasteiger partial charge on any atom is -0.376 e. The molecule has 1 aromatic heterocycles. The van der Waals surface area contributed by atoms with Gasteiger partial charge in [0.05, 0.1) is 5.54 Å². The van der Waals surface area contributed by atoms with E-state index >= 15 is 0 Å². The number of thiophene rings is 1. The van der Waals surface area contributed by atoms with Gasteiger partial charge in [-0.3, -0.25) is 0 Å². The van der Waals surface area contributed by atoms with E-state index in [4.69, 9.17) is 0 Å². The van der Waals surface area contributed by atoms with Crippen molar-refractivity contribution in [3.05, 3.63) is 154 Å². The van der Waals surface area contributed by atoms with Crippen LogP contribution in [0.4, 0.5) is 22.7 Å². The molecule has 0 amide bonds. The van der Waals surface area contributed by atoms with Gasteiger partial charge in [0.1, 0.15) is 0 Å². The lowest BCUT2D eigenvalue weighted by Gasteiger charge is -2.54. The monoisotopic (exact) mass is 973 g/mol. The number of rotatable bonds is 8. The van der Waals surface area contributed by atoms with E-state index in [2.05, 4.69) is 194 Å². The number of nitrogens with zero attached hydrogens (tertiary/aromatic N) is 2. The van der Waals surface area contributed by atoms with Crippen LogP contribution in [-0.4, -0.2) is 12.4 Å². The molecule has 4 heterocycles. The van der Waals surface area contributed by atoms with Gasteiger partial charge in [-0.15, -0.1) is 11.3 Å². The molecule has 1 saturated carbocycles. The average molecular weight is 973 g/mol. The van der Waals surface area contributed by atoms with E-state index in [0.717, 1.165) is 12.8 Å². The number of anilines is 4. The minimum absolute atomic E-state index is 0.00701. The van der Waals surface area contributed by atoms with E-state index in [-0.39, 0.29) is 34.0 Å². The zero-order valence-electron chi connectivity index (χ0n) is 45.3. The summed E-state index contributed by atoms with van der Waals surface area (Å²) >= 11 is 2.02. The Bertz CT molecular complexity index is 3650. The van der Waals surface area contributed by atoms with Crippen molar-refractivity contribution in [2.24, 2.45) is 0 Å². The maximum Gasteiger partial charge on any atom is 0.333 e. The van der Waals surface area contributed by atoms with Crippen LogP contribution in [0, 0.1) is 0 Å². The fourth-order valence-corrected chi connectivity index (χ4v) is 17.1. The highest BCUT2D eigenvalue weighted by Gasteiger charge is 2.63. The van der Waals surface area contributed by atoms with E-state index < -0.39 is 0 Å². The Balaban J connectivity index is 1.16. The number of aryl methyl sites for hydroxylation is 2. The Labute approximate surface area is 440 Å². The number of hydrogen-bond acceptors (Lipinski definition) is 3. The van der Waals surface area contributed by atoms with E-state index in [0.29, 0.717) is 0 Å². The molecule has 8 aromatic rings. The fourth-order valence-electron chi connectivity index (χ4n) is 16.0. The van der Waals surface area contributed by atoms with Crippen LogP contribution in [-0.2, 0) is 34.5 Å². The Kier molecular flexibility index (Phi) is 9.91. The molecule has 0 N–H and O–H groups in total. The van der Waals surface area contributed by atoms with Crippen LogP contribution in [0.2, 0.25) is 0 Å². The minimum atomic E-state index is -0.194. The summed E-state index contributed by atoms with van der Waals surface area (Å²) in [4.78, 5) is 5.94. The predicted molar refractivity (Wildman–Crippen MR) is 317 cm³/mol. The van der Waals surface area contributed by atoms with Crippen LogP contribution in [0.3, 0.4) is 0 Å². The molecule has 0 spiro atoms. The summed E-state index contributed by atoms with van der Waals surface area (Å²) in [6, 6.07) is 47.2. The second kappa shape index (κ2) is 15.7. The zero-order valence-corrected chi connectivity index (χ0v) is 46.2. The predicted octanol–water partition coefficient (Wildman–Crippen LogP) is 18.0. The summed E-state index contributed by atoms with van der Waals surface area (Å²) in [6.07, 6.45) is 14.4. The van der Waals surface area contributed by atoms with Crippen LogP contribution in [0.5, 0.6) is 0 Å². The molecule has 2 unspecified atom stereocenters. The third-order valence-corrected chi connectivity index (χ3v) is 21.5. The summed E-state index contributed by atoms with van der Waals surface area (Å²) in [5.41, 5.74) is 27.6. The third-order valence-electron chi connectivity index (χ3n) is 20.3. The molecule has 6 aliphatic rings. The second-order valence-corrected chi connectivity index (χ2v) is 26.9. The van der Waals surface area contributed by atoms with Gasteiger partial charge >= 0.3 is 6.85 Å². The van der Waals surface area contributed by atoms with Gasteiger partial charge in [0.25, 0.3) is 0 Å². The molecule has 2 nitrogen and oxygen atoms in total. The van der Waals surface area contributed by atoms with Crippen molar-refractivity contribution in [1.29, 1.82) is 0 Å². The zero-order chi connectivity index (χ0) is 50.1. The maximum atomic E-state index is 3.03. The van der Waals surface area contributed by atoms with Gasteiger partial charge in [-0.05, 0) is 184 Å². The molecule has 1 fully saturated rings. The molecular weight excluding hydrogens is 900 g/mol. The van der Waals surface area contributed by atoms with Crippen molar-refractivity contribution in [2.75, 3.05) is 9.71 Å². The highest BCUT2D eigenvalue weighted by molar-refractivity contribution is 7.25. The lowest BCUT2D eigenvalue weighted by molar-refractivity contribution is 0.194. The highest BCUT2D eigenvalue weighted by Crippen LogP contribution is 2.66. The Morgan fingerprint density at radius 3 is 1.97 bits per heavy atom. The Morgan fingerprint density at radius 2 is 1.21 bits per heavy atom. The van der Waals surface area contributed by atoms with Crippen molar-refractivity contribution >= 4 is 72.0 Å². The van der Waals surface area contributed by atoms with Crippen molar-refractivity contribution in [3.8, 4) is 33.4 Å². The lowest BCUT2D eigenvalue weighted by atomic mass is 9.42. The molecule has 0 saturated heterocycles. The van der Waals surface area contributed by atoms with E-state index in [1.54, 1.807) is 16.7 Å². The smallest absolute Gasteiger partial charge is 0.333 e.